The lowest BCUT2D eigenvalue weighted by Crippen LogP contribution is -2.05. The number of nitrogens with zero attached hydrogens (tertiary/aromatic N) is 1. The standard InChI is InChI=1S/C13H12Br2N2O/c1-7(2)13-9(14)5-8(6-10(13)15)11-3-4-12(18)17-16-11/h3-7H,1-2H3,(H,17,18). The molecule has 0 aliphatic carbocycles. The number of hydrogen-bond acceptors (Lipinski definition) is 2. The van der Waals surface area contributed by atoms with E-state index in [4.69, 9.17) is 0 Å². The van der Waals surface area contributed by atoms with Crippen LogP contribution in [-0.4, -0.2) is 10.2 Å². The van der Waals surface area contributed by atoms with Crippen LogP contribution in [0, 0.1) is 0 Å². The highest BCUT2D eigenvalue weighted by Gasteiger charge is 2.12. The molecule has 0 saturated heterocycles. The molecule has 0 aliphatic heterocycles. The quantitative estimate of drug-likeness (QED) is 0.864. The molecule has 94 valence electrons. The molecule has 0 fully saturated rings. The van der Waals surface area contributed by atoms with E-state index in [9.17, 15) is 4.79 Å². The molecule has 18 heavy (non-hydrogen) atoms. The fraction of sp³-hybridized carbons (Fsp3) is 0.231. The summed E-state index contributed by atoms with van der Waals surface area (Å²) >= 11 is 7.16. The molecule has 0 amide bonds. The van der Waals surface area contributed by atoms with Crippen LogP contribution in [0.15, 0.2) is 38.0 Å². The van der Waals surface area contributed by atoms with Crippen LogP contribution in [0.4, 0.5) is 0 Å². The van der Waals surface area contributed by atoms with Gasteiger partial charge in [-0.25, -0.2) is 5.10 Å². The molecule has 1 aromatic carbocycles. The smallest absolute Gasteiger partial charge is 0.264 e. The Balaban J connectivity index is 2.54. The SMILES string of the molecule is CC(C)c1c(Br)cc(-c2ccc(=O)[nH]n2)cc1Br. The molecule has 3 nitrogen and oxygen atoms in total. The summed E-state index contributed by atoms with van der Waals surface area (Å²) in [4.78, 5) is 11.0. The van der Waals surface area contributed by atoms with Gasteiger partial charge in [0, 0.05) is 20.6 Å². The van der Waals surface area contributed by atoms with Crippen molar-refractivity contribution in [1.82, 2.24) is 10.2 Å². The third kappa shape index (κ3) is 2.72. The van der Waals surface area contributed by atoms with Crippen LogP contribution in [0.3, 0.4) is 0 Å². The van der Waals surface area contributed by atoms with Crippen molar-refractivity contribution in [1.29, 1.82) is 0 Å². The number of H-pyrrole nitrogens is 1. The summed E-state index contributed by atoms with van der Waals surface area (Å²) < 4.78 is 2.07. The van der Waals surface area contributed by atoms with Gasteiger partial charge in [-0.05, 0) is 29.7 Å². The number of rotatable bonds is 2. The third-order valence-corrected chi connectivity index (χ3v) is 3.94. The highest BCUT2D eigenvalue weighted by atomic mass is 79.9. The van der Waals surface area contributed by atoms with Crippen LogP contribution in [0.1, 0.15) is 25.3 Å². The van der Waals surface area contributed by atoms with Crippen molar-refractivity contribution in [2.24, 2.45) is 0 Å². The molecular formula is C13H12Br2N2O. The number of nitrogens with one attached hydrogen (secondary N) is 1. The second-order valence-corrected chi connectivity index (χ2v) is 6.02. The zero-order valence-corrected chi connectivity index (χ0v) is 13.2. The van der Waals surface area contributed by atoms with Gasteiger partial charge >= 0.3 is 0 Å². The summed E-state index contributed by atoms with van der Waals surface area (Å²) in [6, 6.07) is 7.21. The van der Waals surface area contributed by atoms with Gasteiger partial charge in [0.15, 0.2) is 0 Å². The Bertz CT molecular complexity index is 592. The minimum atomic E-state index is -0.198. The second-order valence-electron chi connectivity index (χ2n) is 4.31. The lowest BCUT2D eigenvalue weighted by Gasteiger charge is -2.13. The lowest BCUT2D eigenvalue weighted by molar-refractivity contribution is 0.855. The summed E-state index contributed by atoms with van der Waals surface area (Å²) in [5, 5.41) is 6.46. The van der Waals surface area contributed by atoms with Gasteiger partial charge in [0.05, 0.1) is 5.69 Å². The van der Waals surface area contributed by atoms with Crippen molar-refractivity contribution in [3.8, 4) is 11.3 Å². The molecule has 0 unspecified atom stereocenters. The van der Waals surface area contributed by atoms with Crippen molar-refractivity contribution in [3.05, 3.63) is 49.1 Å². The van der Waals surface area contributed by atoms with E-state index in [0.717, 1.165) is 20.2 Å². The first-order valence-corrected chi connectivity index (χ1v) is 7.12. The normalized spacial score (nSPS) is 10.9. The van der Waals surface area contributed by atoms with Crippen molar-refractivity contribution in [2.75, 3.05) is 0 Å². The van der Waals surface area contributed by atoms with Gasteiger partial charge < -0.3 is 0 Å². The number of aromatic amines is 1. The molecule has 1 heterocycles. The monoisotopic (exact) mass is 370 g/mol. The van der Waals surface area contributed by atoms with Crippen molar-refractivity contribution >= 4 is 31.9 Å². The van der Waals surface area contributed by atoms with Crippen molar-refractivity contribution < 1.29 is 0 Å². The predicted octanol–water partition coefficient (Wildman–Crippen LogP) is 4.09. The average Bonchev–Trinajstić information content (AvgIpc) is 2.28. The molecule has 0 bridgehead atoms. The minimum Gasteiger partial charge on any atom is -0.268 e. The highest BCUT2D eigenvalue weighted by molar-refractivity contribution is 9.11. The van der Waals surface area contributed by atoms with Gasteiger partial charge in [-0.15, -0.1) is 0 Å². The molecule has 0 spiro atoms. The summed E-state index contributed by atoms with van der Waals surface area (Å²) in [6.07, 6.45) is 0. The first-order chi connectivity index (χ1) is 8.49. The number of hydrogen-bond donors (Lipinski definition) is 1. The molecule has 0 aliphatic rings. The molecule has 0 saturated carbocycles. The molecule has 2 aromatic rings. The van der Waals surface area contributed by atoms with Crippen LogP contribution in [0.5, 0.6) is 0 Å². The molecule has 0 atom stereocenters. The van der Waals surface area contributed by atoms with Gasteiger partial charge in [0.25, 0.3) is 5.56 Å². The first kappa shape index (κ1) is 13.5. The maximum absolute atomic E-state index is 11.0. The Morgan fingerprint density at radius 2 is 1.78 bits per heavy atom. The van der Waals surface area contributed by atoms with E-state index in [2.05, 4.69) is 55.9 Å². The van der Waals surface area contributed by atoms with E-state index < -0.39 is 0 Å². The van der Waals surface area contributed by atoms with Crippen LogP contribution in [0.2, 0.25) is 0 Å². The van der Waals surface area contributed by atoms with Crippen LogP contribution >= 0.6 is 31.9 Å². The van der Waals surface area contributed by atoms with Gasteiger partial charge in [-0.1, -0.05) is 45.7 Å². The summed E-state index contributed by atoms with van der Waals surface area (Å²) in [7, 11) is 0. The first-order valence-electron chi connectivity index (χ1n) is 5.54. The van der Waals surface area contributed by atoms with Crippen molar-refractivity contribution in [3.63, 3.8) is 0 Å². The van der Waals surface area contributed by atoms with Gasteiger partial charge in [-0.3, -0.25) is 4.79 Å². The van der Waals surface area contributed by atoms with E-state index in [1.807, 2.05) is 12.1 Å². The molecular weight excluding hydrogens is 360 g/mol. The summed E-state index contributed by atoms with van der Waals surface area (Å²) in [5.41, 5.74) is 2.72. The lowest BCUT2D eigenvalue weighted by atomic mass is 10.0. The summed E-state index contributed by atoms with van der Waals surface area (Å²) in [6.45, 7) is 4.28. The van der Waals surface area contributed by atoms with E-state index >= 15 is 0 Å². The number of aromatic nitrogens is 2. The Labute approximate surface area is 122 Å². The highest BCUT2D eigenvalue weighted by Crippen LogP contribution is 2.35. The van der Waals surface area contributed by atoms with Gasteiger partial charge in [0.2, 0.25) is 0 Å². The van der Waals surface area contributed by atoms with Crippen LogP contribution < -0.4 is 5.56 Å². The summed E-state index contributed by atoms with van der Waals surface area (Å²) in [5.74, 6) is 0.423. The van der Waals surface area contributed by atoms with E-state index in [1.165, 1.54) is 11.6 Å². The largest absolute Gasteiger partial charge is 0.268 e. The number of halogens is 2. The molecule has 5 heteroatoms. The van der Waals surface area contributed by atoms with E-state index in [0.29, 0.717) is 5.92 Å². The predicted molar refractivity (Wildman–Crippen MR) is 79.8 cm³/mol. The maximum Gasteiger partial charge on any atom is 0.264 e. The topological polar surface area (TPSA) is 45.8 Å². The Morgan fingerprint density at radius 1 is 1.17 bits per heavy atom. The Kier molecular flexibility index (Phi) is 4.02. The molecule has 0 radical (unpaired) electrons. The maximum atomic E-state index is 11.0. The Morgan fingerprint density at radius 3 is 2.22 bits per heavy atom. The minimum absolute atomic E-state index is 0.198. The zero-order valence-electron chi connectivity index (χ0n) is 10.00. The Hall–Kier alpha value is -0.940. The fourth-order valence-electron chi connectivity index (χ4n) is 1.79. The third-order valence-electron chi connectivity index (χ3n) is 2.63. The molecule has 1 N–H and O–H groups in total. The zero-order chi connectivity index (χ0) is 13.3. The molecule has 2 rings (SSSR count). The second kappa shape index (κ2) is 5.36. The van der Waals surface area contributed by atoms with Gasteiger partial charge in [0.1, 0.15) is 0 Å². The van der Waals surface area contributed by atoms with Crippen molar-refractivity contribution in [2.45, 2.75) is 19.8 Å². The van der Waals surface area contributed by atoms with E-state index in [-0.39, 0.29) is 5.56 Å². The molecule has 1 aromatic heterocycles. The number of benzene rings is 1. The fourth-order valence-corrected chi connectivity index (χ4v) is 3.89. The van der Waals surface area contributed by atoms with Gasteiger partial charge in [-0.2, -0.15) is 5.10 Å². The average molecular weight is 372 g/mol. The van der Waals surface area contributed by atoms with Crippen LogP contribution in [-0.2, 0) is 0 Å². The van der Waals surface area contributed by atoms with Crippen LogP contribution in [0.25, 0.3) is 11.3 Å². The van der Waals surface area contributed by atoms with E-state index in [1.54, 1.807) is 6.07 Å².